The Balaban J connectivity index is 1.48. The lowest BCUT2D eigenvalue weighted by Crippen LogP contribution is -2.29. The molecule has 0 heterocycles. The molecule has 9 nitrogen and oxygen atoms in total. The molecule has 0 aromatic heterocycles. The predicted octanol–water partition coefficient (Wildman–Crippen LogP) is 2.05. The molecule has 0 bridgehead atoms. The van der Waals surface area contributed by atoms with Gasteiger partial charge in [0, 0.05) is 0 Å². The Kier molecular flexibility index (Phi) is 10.8. The van der Waals surface area contributed by atoms with Crippen LogP contribution in [0.1, 0.15) is 51.4 Å². The maximum Gasteiger partial charge on any atom is 0.309 e. The second-order valence-electron chi connectivity index (χ2n) is 8.09. The van der Waals surface area contributed by atoms with Gasteiger partial charge in [0.2, 0.25) is 0 Å². The molecule has 2 saturated carbocycles. The average Bonchev–Trinajstić information content (AvgIpc) is 2.82. The lowest BCUT2D eigenvalue weighted by atomic mass is 9.82. The molecule has 2 aliphatic rings. The van der Waals surface area contributed by atoms with Gasteiger partial charge in [-0.3, -0.25) is 19.2 Å². The zero-order valence-corrected chi connectivity index (χ0v) is 18.5. The smallest absolute Gasteiger partial charge is 0.309 e. The molecule has 2 rings (SSSR count). The number of rotatable bonds is 10. The van der Waals surface area contributed by atoms with Crippen molar-refractivity contribution >= 4 is 23.9 Å². The van der Waals surface area contributed by atoms with Crippen LogP contribution in [0.2, 0.25) is 0 Å². The zero-order chi connectivity index (χ0) is 22.6. The van der Waals surface area contributed by atoms with Gasteiger partial charge in [0.1, 0.15) is 13.2 Å². The Morgan fingerprint density at radius 1 is 0.516 bits per heavy atom. The van der Waals surface area contributed by atoms with E-state index in [1.54, 1.807) is 0 Å². The second kappa shape index (κ2) is 13.3. The van der Waals surface area contributed by atoms with Crippen molar-refractivity contribution in [3.05, 3.63) is 0 Å². The maximum atomic E-state index is 12.1. The number of hydrogen-bond donors (Lipinski definition) is 0. The van der Waals surface area contributed by atoms with Crippen molar-refractivity contribution in [2.45, 2.75) is 51.4 Å². The molecule has 176 valence electrons. The van der Waals surface area contributed by atoms with Crippen molar-refractivity contribution in [3.63, 3.8) is 0 Å². The van der Waals surface area contributed by atoms with Crippen LogP contribution in [0.15, 0.2) is 0 Å². The number of hydrogen-bond acceptors (Lipinski definition) is 9. The topological polar surface area (TPSA) is 114 Å². The summed E-state index contributed by atoms with van der Waals surface area (Å²) in [6, 6.07) is 0. The average molecular weight is 443 g/mol. The van der Waals surface area contributed by atoms with Gasteiger partial charge >= 0.3 is 23.9 Å². The molecule has 0 aromatic carbocycles. The summed E-state index contributed by atoms with van der Waals surface area (Å²) >= 11 is 0. The summed E-state index contributed by atoms with van der Waals surface area (Å²) in [5, 5.41) is 0. The number of ether oxygens (including phenoxy) is 5. The van der Waals surface area contributed by atoms with Crippen LogP contribution in [0.25, 0.3) is 0 Å². The van der Waals surface area contributed by atoms with Gasteiger partial charge in [0.25, 0.3) is 0 Å². The van der Waals surface area contributed by atoms with E-state index in [2.05, 4.69) is 0 Å². The van der Waals surface area contributed by atoms with Gasteiger partial charge in [0.05, 0.1) is 51.1 Å². The summed E-state index contributed by atoms with van der Waals surface area (Å²) in [4.78, 5) is 47.2. The van der Waals surface area contributed by atoms with Crippen LogP contribution >= 0.6 is 0 Å². The number of carbonyl (C=O) groups is 4. The Labute approximate surface area is 183 Å². The van der Waals surface area contributed by atoms with Gasteiger partial charge in [-0.2, -0.15) is 0 Å². The molecule has 0 aliphatic heterocycles. The van der Waals surface area contributed by atoms with E-state index in [1.807, 2.05) is 0 Å². The molecular formula is C22H34O9. The van der Waals surface area contributed by atoms with Gasteiger partial charge in [-0.05, 0) is 51.4 Å². The highest BCUT2D eigenvalue weighted by atomic mass is 16.6. The first-order valence-corrected chi connectivity index (χ1v) is 11.0. The highest BCUT2D eigenvalue weighted by molar-refractivity contribution is 5.75. The third-order valence-corrected chi connectivity index (χ3v) is 6.13. The fraction of sp³-hybridized carbons (Fsp3) is 0.818. The molecule has 0 spiro atoms. The minimum atomic E-state index is -0.263. The van der Waals surface area contributed by atoms with Crippen molar-refractivity contribution in [1.29, 1.82) is 0 Å². The Bertz CT molecular complexity index is 550. The highest BCUT2D eigenvalue weighted by Gasteiger charge is 2.32. The Morgan fingerprint density at radius 2 is 0.806 bits per heavy atom. The van der Waals surface area contributed by atoms with Gasteiger partial charge in [-0.1, -0.05) is 0 Å². The number of carbonyl (C=O) groups excluding carboxylic acids is 4. The van der Waals surface area contributed by atoms with Gasteiger partial charge in [-0.15, -0.1) is 0 Å². The van der Waals surface area contributed by atoms with E-state index in [0.29, 0.717) is 51.4 Å². The van der Waals surface area contributed by atoms with Crippen LogP contribution in [-0.4, -0.2) is 64.5 Å². The first kappa shape index (κ1) is 25.1. The fourth-order valence-corrected chi connectivity index (χ4v) is 4.20. The van der Waals surface area contributed by atoms with E-state index >= 15 is 0 Å². The molecule has 2 fully saturated rings. The van der Waals surface area contributed by atoms with E-state index < -0.39 is 0 Å². The van der Waals surface area contributed by atoms with Crippen molar-refractivity contribution in [2.24, 2.45) is 23.7 Å². The molecule has 0 N–H and O–H groups in total. The minimum Gasteiger partial charge on any atom is -0.469 e. The van der Waals surface area contributed by atoms with Crippen molar-refractivity contribution in [1.82, 2.24) is 0 Å². The summed E-state index contributed by atoms with van der Waals surface area (Å²) < 4.78 is 25.3. The summed E-state index contributed by atoms with van der Waals surface area (Å²) in [6.07, 6.45) is 5.04. The normalized spacial score (nSPS) is 25.9. The van der Waals surface area contributed by atoms with E-state index in [1.165, 1.54) is 14.2 Å². The van der Waals surface area contributed by atoms with Crippen molar-refractivity contribution in [3.8, 4) is 0 Å². The zero-order valence-electron chi connectivity index (χ0n) is 18.5. The lowest BCUT2D eigenvalue weighted by molar-refractivity contribution is -0.156. The summed E-state index contributed by atoms with van der Waals surface area (Å²) in [5.74, 6) is -1.57. The maximum absolute atomic E-state index is 12.1. The Hall–Kier alpha value is -2.16. The van der Waals surface area contributed by atoms with E-state index in [9.17, 15) is 19.2 Å². The largest absolute Gasteiger partial charge is 0.469 e. The van der Waals surface area contributed by atoms with E-state index in [4.69, 9.17) is 23.7 Å². The van der Waals surface area contributed by atoms with Crippen LogP contribution in [0.5, 0.6) is 0 Å². The fourth-order valence-electron chi connectivity index (χ4n) is 4.20. The molecule has 0 unspecified atom stereocenters. The molecule has 9 heteroatoms. The molecule has 0 aromatic rings. The first-order chi connectivity index (χ1) is 15.0. The summed E-state index contributed by atoms with van der Waals surface area (Å²) in [6.45, 7) is 0.735. The second-order valence-corrected chi connectivity index (χ2v) is 8.09. The predicted molar refractivity (Wildman–Crippen MR) is 108 cm³/mol. The van der Waals surface area contributed by atoms with Crippen LogP contribution in [0.4, 0.5) is 0 Å². The SMILES string of the molecule is COC(=O)C1CCC(C(=O)OCCOCCOC(=O)C2CCC(C(=O)OC)CC2)CC1. The van der Waals surface area contributed by atoms with Crippen LogP contribution in [0, 0.1) is 23.7 Å². The minimum absolute atomic E-state index is 0.122. The molecule has 0 amide bonds. The van der Waals surface area contributed by atoms with Gasteiger partial charge < -0.3 is 23.7 Å². The summed E-state index contributed by atoms with van der Waals surface area (Å²) in [5.41, 5.74) is 0. The number of esters is 4. The highest BCUT2D eigenvalue weighted by Crippen LogP contribution is 2.31. The van der Waals surface area contributed by atoms with Crippen molar-refractivity contribution in [2.75, 3.05) is 40.6 Å². The van der Waals surface area contributed by atoms with Gasteiger partial charge in [0.15, 0.2) is 0 Å². The number of methoxy groups -OCH3 is 2. The third-order valence-electron chi connectivity index (χ3n) is 6.13. The van der Waals surface area contributed by atoms with Crippen LogP contribution in [0.3, 0.4) is 0 Å². The van der Waals surface area contributed by atoms with E-state index in [0.717, 1.165) is 0 Å². The monoisotopic (exact) mass is 442 g/mol. The summed E-state index contributed by atoms with van der Waals surface area (Å²) in [7, 11) is 2.75. The van der Waals surface area contributed by atoms with E-state index in [-0.39, 0.29) is 74.0 Å². The molecule has 0 atom stereocenters. The quantitative estimate of drug-likeness (QED) is 0.285. The Morgan fingerprint density at radius 3 is 1.10 bits per heavy atom. The van der Waals surface area contributed by atoms with Crippen LogP contribution < -0.4 is 0 Å². The lowest BCUT2D eigenvalue weighted by Gasteiger charge is -2.25. The molecule has 0 radical (unpaired) electrons. The standard InChI is InChI=1S/C22H34O9/c1-27-19(23)15-3-7-17(8-4-15)21(25)30-13-11-29-12-14-31-22(26)18-9-5-16(6-10-18)20(24)28-2/h15-18H,3-14H2,1-2H3. The molecule has 0 saturated heterocycles. The van der Waals surface area contributed by atoms with Crippen molar-refractivity contribution < 1.29 is 42.9 Å². The molecule has 2 aliphatic carbocycles. The molecule has 31 heavy (non-hydrogen) atoms. The van der Waals surface area contributed by atoms with Gasteiger partial charge in [-0.25, -0.2) is 0 Å². The molecular weight excluding hydrogens is 408 g/mol. The third kappa shape index (κ3) is 8.12. The van der Waals surface area contributed by atoms with Crippen LogP contribution in [-0.2, 0) is 42.9 Å². The first-order valence-electron chi connectivity index (χ1n) is 11.0.